The Morgan fingerprint density at radius 2 is 2.06 bits per heavy atom. The molecular formula is C11H6BrF2IOS. The van der Waals surface area contributed by atoms with Crippen LogP contribution in [-0.2, 0) is 0 Å². The Bertz CT molecular complexity index is 558. The zero-order valence-electron chi connectivity index (χ0n) is 8.25. The maximum Gasteiger partial charge on any atom is 0.146 e. The lowest BCUT2D eigenvalue weighted by Crippen LogP contribution is -2.05. The maximum absolute atomic E-state index is 13.8. The lowest BCUT2D eigenvalue weighted by atomic mass is 10.0. The van der Waals surface area contributed by atoms with Crippen LogP contribution < -0.4 is 0 Å². The van der Waals surface area contributed by atoms with E-state index in [-0.39, 0.29) is 10.0 Å². The van der Waals surface area contributed by atoms with Crippen LogP contribution in [0.1, 0.15) is 17.2 Å². The van der Waals surface area contributed by atoms with Gasteiger partial charge in [0.2, 0.25) is 0 Å². The first-order chi connectivity index (χ1) is 8.00. The molecule has 2 aromatic rings. The van der Waals surface area contributed by atoms with Crippen molar-refractivity contribution in [3.63, 3.8) is 0 Å². The molecule has 0 spiro atoms. The second-order valence-electron chi connectivity index (χ2n) is 3.34. The van der Waals surface area contributed by atoms with E-state index in [4.69, 9.17) is 0 Å². The van der Waals surface area contributed by atoms with E-state index in [0.29, 0.717) is 5.56 Å². The molecule has 1 atom stereocenters. The van der Waals surface area contributed by atoms with Gasteiger partial charge in [0.15, 0.2) is 0 Å². The van der Waals surface area contributed by atoms with Crippen molar-refractivity contribution in [3.8, 4) is 0 Å². The largest absolute Gasteiger partial charge is 0.383 e. The zero-order chi connectivity index (χ0) is 12.6. The van der Waals surface area contributed by atoms with Crippen molar-refractivity contribution in [1.82, 2.24) is 0 Å². The van der Waals surface area contributed by atoms with E-state index in [2.05, 4.69) is 38.5 Å². The van der Waals surface area contributed by atoms with Crippen LogP contribution in [0.2, 0.25) is 0 Å². The highest BCUT2D eigenvalue weighted by atomic mass is 127. The Morgan fingerprint density at radius 1 is 1.35 bits per heavy atom. The molecule has 0 saturated carbocycles. The summed E-state index contributed by atoms with van der Waals surface area (Å²) in [6.07, 6.45) is -1.28. The van der Waals surface area contributed by atoms with E-state index in [9.17, 15) is 13.9 Å². The predicted molar refractivity (Wildman–Crippen MR) is 75.2 cm³/mol. The average molecular weight is 431 g/mol. The first-order valence-corrected chi connectivity index (χ1v) is 7.31. The summed E-state index contributed by atoms with van der Waals surface area (Å²) >= 11 is 6.48. The molecule has 0 amide bonds. The van der Waals surface area contributed by atoms with E-state index in [0.717, 1.165) is 8.95 Å². The van der Waals surface area contributed by atoms with Gasteiger partial charge in [-0.05, 0) is 67.7 Å². The molecule has 0 aliphatic rings. The van der Waals surface area contributed by atoms with Crippen molar-refractivity contribution in [3.05, 3.63) is 53.7 Å². The molecule has 0 bridgehead atoms. The highest BCUT2D eigenvalue weighted by molar-refractivity contribution is 14.1. The van der Waals surface area contributed by atoms with E-state index in [1.165, 1.54) is 17.4 Å². The van der Waals surface area contributed by atoms with E-state index in [1.807, 2.05) is 0 Å². The van der Waals surface area contributed by atoms with Gasteiger partial charge in [-0.25, -0.2) is 8.78 Å². The second-order valence-corrected chi connectivity index (χ2v) is 7.00. The van der Waals surface area contributed by atoms with Gasteiger partial charge in [-0.3, -0.25) is 0 Å². The van der Waals surface area contributed by atoms with Crippen LogP contribution in [0.4, 0.5) is 8.78 Å². The van der Waals surface area contributed by atoms with E-state index in [1.54, 1.807) is 11.4 Å². The average Bonchev–Trinajstić information content (AvgIpc) is 2.71. The first kappa shape index (κ1) is 13.4. The summed E-state index contributed by atoms with van der Waals surface area (Å²) in [5.41, 5.74) is 0.170. The number of hydrogen-bond acceptors (Lipinski definition) is 2. The second kappa shape index (κ2) is 5.29. The van der Waals surface area contributed by atoms with Crippen LogP contribution in [0, 0.1) is 14.5 Å². The minimum atomic E-state index is -1.28. The molecule has 1 nitrogen and oxygen atoms in total. The van der Waals surface area contributed by atoms with E-state index >= 15 is 0 Å². The van der Waals surface area contributed by atoms with Gasteiger partial charge in [-0.2, -0.15) is 0 Å². The van der Waals surface area contributed by atoms with Crippen LogP contribution in [0.15, 0.2) is 28.1 Å². The molecule has 1 aromatic carbocycles. The quantitative estimate of drug-likeness (QED) is 0.550. The molecule has 0 aliphatic carbocycles. The maximum atomic E-state index is 13.8. The summed E-state index contributed by atoms with van der Waals surface area (Å²) in [5, 5.41) is 11.7. The van der Waals surface area contributed by atoms with Crippen molar-refractivity contribution < 1.29 is 13.9 Å². The Kier molecular flexibility index (Phi) is 4.17. The van der Waals surface area contributed by atoms with Gasteiger partial charge in [-0.15, -0.1) is 11.3 Å². The topological polar surface area (TPSA) is 20.2 Å². The van der Waals surface area contributed by atoms with Crippen LogP contribution >= 0.6 is 49.9 Å². The zero-order valence-corrected chi connectivity index (χ0v) is 12.8. The lowest BCUT2D eigenvalue weighted by Gasteiger charge is -2.12. The Hall–Kier alpha value is -0.0500. The first-order valence-electron chi connectivity index (χ1n) is 4.56. The SMILES string of the molecule is OC(c1csc(I)c1)c1c(F)ccc(Br)c1F. The number of halogens is 4. The van der Waals surface area contributed by atoms with Gasteiger partial charge in [0, 0.05) is 0 Å². The number of aliphatic hydroxyl groups excluding tert-OH is 1. The summed E-state index contributed by atoms with van der Waals surface area (Å²) < 4.78 is 28.4. The summed E-state index contributed by atoms with van der Waals surface area (Å²) in [4.78, 5) is 0. The molecule has 90 valence electrons. The molecule has 0 radical (unpaired) electrons. The van der Waals surface area contributed by atoms with E-state index < -0.39 is 17.7 Å². The molecule has 1 N–H and O–H groups in total. The molecule has 1 unspecified atom stereocenters. The Balaban J connectivity index is 2.50. The molecule has 0 aliphatic heterocycles. The normalized spacial score (nSPS) is 12.8. The molecule has 1 aromatic heterocycles. The number of aliphatic hydroxyl groups is 1. The van der Waals surface area contributed by atoms with Gasteiger partial charge in [0.25, 0.3) is 0 Å². The third-order valence-corrected chi connectivity index (χ3v) is 4.68. The van der Waals surface area contributed by atoms with Crippen molar-refractivity contribution in [1.29, 1.82) is 0 Å². The molecule has 0 fully saturated rings. The van der Waals surface area contributed by atoms with Gasteiger partial charge < -0.3 is 5.11 Å². The standard InChI is InChI=1S/C11H6BrF2IOS/c12-6-1-2-7(13)9(10(6)14)11(16)5-3-8(15)17-4-5/h1-4,11,16H. The highest BCUT2D eigenvalue weighted by Gasteiger charge is 2.22. The monoisotopic (exact) mass is 430 g/mol. The van der Waals surface area contributed by atoms with Crippen molar-refractivity contribution in [2.75, 3.05) is 0 Å². The fraction of sp³-hybridized carbons (Fsp3) is 0.0909. The third-order valence-electron chi connectivity index (χ3n) is 2.26. The fourth-order valence-corrected chi connectivity index (χ4v) is 3.16. The number of rotatable bonds is 2. The minimum absolute atomic E-state index is 0.137. The third kappa shape index (κ3) is 2.69. The van der Waals surface area contributed by atoms with Crippen molar-refractivity contribution in [2.24, 2.45) is 0 Å². The molecular weight excluding hydrogens is 425 g/mol. The number of hydrogen-bond donors (Lipinski definition) is 1. The lowest BCUT2D eigenvalue weighted by molar-refractivity contribution is 0.209. The molecule has 0 saturated heterocycles. The van der Waals surface area contributed by atoms with Crippen LogP contribution in [0.5, 0.6) is 0 Å². The number of thiophene rings is 1. The minimum Gasteiger partial charge on any atom is -0.383 e. The van der Waals surface area contributed by atoms with Gasteiger partial charge in [0.05, 0.1) is 12.9 Å². The Labute approximate surface area is 123 Å². The molecule has 1 heterocycles. The molecule has 6 heteroatoms. The van der Waals surface area contributed by atoms with Gasteiger partial charge in [-0.1, -0.05) is 0 Å². The highest BCUT2D eigenvalue weighted by Crippen LogP contribution is 2.32. The van der Waals surface area contributed by atoms with Gasteiger partial charge in [0.1, 0.15) is 17.7 Å². The summed E-state index contributed by atoms with van der Waals surface area (Å²) in [5.74, 6) is -1.52. The Morgan fingerprint density at radius 3 is 2.65 bits per heavy atom. The molecule has 17 heavy (non-hydrogen) atoms. The van der Waals surface area contributed by atoms with Crippen molar-refractivity contribution >= 4 is 49.9 Å². The summed E-state index contributed by atoms with van der Waals surface area (Å²) in [6.45, 7) is 0. The summed E-state index contributed by atoms with van der Waals surface area (Å²) in [6, 6.07) is 4.11. The van der Waals surface area contributed by atoms with Crippen LogP contribution in [0.3, 0.4) is 0 Å². The van der Waals surface area contributed by atoms with Crippen LogP contribution in [-0.4, -0.2) is 5.11 Å². The smallest absolute Gasteiger partial charge is 0.146 e. The fourth-order valence-electron chi connectivity index (χ4n) is 1.43. The van der Waals surface area contributed by atoms with Gasteiger partial charge >= 0.3 is 0 Å². The van der Waals surface area contributed by atoms with Crippen molar-refractivity contribution in [2.45, 2.75) is 6.10 Å². The predicted octanol–water partition coefficient (Wildman–Crippen LogP) is 4.48. The summed E-state index contributed by atoms with van der Waals surface area (Å²) in [7, 11) is 0. The van der Waals surface area contributed by atoms with Crippen LogP contribution in [0.25, 0.3) is 0 Å². The molecule has 2 rings (SSSR count). The number of benzene rings is 1.